The molecule has 3 rings (SSSR count). The summed E-state index contributed by atoms with van der Waals surface area (Å²) in [5.41, 5.74) is 2.27. The molecule has 0 saturated carbocycles. The standard InChI is InChI=1S/C26H36N4O5S/c1-19(31)27-21-9-11-24(12-10-21)36(33,34)30-16-13-23(14-17-30)28-22-7-5-20(6-8-22)15-18-35-25(32)29-26(2,3)4/h5-12,23,28H,13-18H2,1-4H3,(H,27,31)(H,29,32). The molecule has 0 atom stereocenters. The zero-order valence-electron chi connectivity index (χ0n) is 21.3. The molecule has 2 aromatic rings. The van der Waals surface area contributed by atoms with Crippen molar-refractivity contribution in [1.82, 2.24) is 9.62 Å². The van der Waals surface area contributed by atoms with Crippen LogP contribution in [0.4, 0.5) is 16.2 Å². The minimum absolute atomic E-state index is 0.175. The Bertz CT molecular complexity index is 1130. The molecule has 1 heterocycles. The quantitative estimate of drug-likeness (QED) is 0.489. The van der Waals surface area contributed by atoms with E-state index in [0.29, 0.717) is 44.6 Å². The van der Waals surface area contributed by atoms with Crippen LogP contribution in [0.25, 0.3) is 0 Å². The SMILES string of the molecule is CC(=O)Nc1ccc(S(=O)(=O)N2CCC(Nc3ccc(CCOC(=O)NC(C)(C)C)cc3)CC2)cc1. The van der Waals surface area contributed by atoms with Crippen LogP contribution in [0.2, 0.25) is 0 Å². The van der Waals surface area contributed by atoms with Crippen LogP contribution in [0.1, 0.15) is 46.1 Å². The Balaban J connectivity index is 1.45. The Kier molecular flexibility index (Phi) is 8.97. The molecule has 0 bridgehead atoms. The lowest BCUT2D eigenvalue weighted by Gasteiger charge is -2.32. The third kappa shape index (κ3) is 8.23. The van der Waals surface area contributed by atoms with E-state index in [-0.39, 0.29) is 22.4 Å². The molecule has 10 heteroatoms. The molecule has 9 nitrogen and oxygen atoms in total. The molecule has 0 aliphatic carbocycles. The van der Waals surface area contributed by atoms with Crippen molar-refractivity contribution in [3.63, 3.8) is 0 Å². The van der Waals surface area contributed by atoms with E-state index in [1.54, 1.807) is 12.1 Å². The van der Waals surface area contributed by atoms with Gasteiger partial charge in [-0.15, -0.1) is 0 Å². The molecule has 0 aromatic heterocycles. The number of anilines is 2. The summed E-state index contributed by atoms with van der Waals surface area (Å²) in [6, 6.07) is 14.4. The van der Waals surface area contributed by atoms with Crippen LogP contribution in [0.3, 0.4) is 0 Å². The first-order valence-corrected chi connectivity index (χ1v) is 13.5. The number of hydrogen-bond acceptors (Lipinski definition) is 6. The lowest BCUT2D eigenvalue weighted by molar-refractivity contribution is -0.114. The summed E-state index contributed by atoms with van der Waals surface area (Å²) < 4.78 is 32.7. The van der Waals surface area contributed by atoms with Crippen LogP contribution in [0.15, 0.2) is 53.4 Å². The normalized spacial score (nSPS) is 15.2. The molecule has 0 radical (unpaired) electrons. The van der Waals surface area contributed by atoms with Gasteiger partial charge in [-0.2, -0.15) is 4.31 Å². The van der Waals surface area contributed by atoms with Gasteiger partial charge in [0.2, 0.25) is 15.9 Å². The van der Waals surface area contributed by atoms with Crippen molar-refractivity contribution in [2.45, 2.75) is 63.4 Å². The van der Waals surface area contributed by atoms with Gasteiger partial charge in [0, 0.05) is 49.4 Å². The molecule has 1 saturated heterocycles. The van der Waals surface area contributed by atoms with E-state index in [1.165, 1.54) is 23.4 Å². The highest BCUT2D eigenvalue weighted by Crippen LogP contribution is 2.24. The number of nitrogens with one attached hydrogen (secondary N) is 3. The minimum atomic E-state index is -3.58. The second-order valence-electron chi connectivity index (χ2n) is 9.99. The molecular formula is C26H36N4O5S. The number of rotatable bonds is 8. The third-order valence-corrected chi connectivity index (χ3v) is 7.60. The van der Waals surface area contributed by atoms with Crippen molar-refractivity contribution >= 4 is 33.4 Å². The number of nitrogens with zero attached hydrogens (tertiary/aromatic N) is 1. The molecule has 3 N–H and O–H groups in total. The average molecular weight is 517 g/mol. The monoisotopic (exact) mass is 516 g/mol. The van der Waals surface area contributed by atoms with Crippen LogP contribution < -0.4 is 16.0 Å². The van der Waals surface area contributed by atoms with E-state index >= 15 is 0 Å². The molecule has 1 aliphatic rings. The highest BCUT2D eigenvalue weighted by Gasteiger charge is 2.29. The van der Waals surface area contributed by atoms with Gasteiger partial charge in [0.1, 0.15) is 0 Å². The molecule has 1 fully saturated rings. The fraction of sp³-hybridized carbons (Fsp3) is 0.462. The van der Waals surface area contributed by atoms with E-state index in [9.17, 15) is 18.0 Å². The van der Waals surface area contributed by atoms with Crippen molar-refractivity contribution in [3.8, 4) is 0 Å². The smallest absolute Gasteiger partial charge is 0.407 e. The number of benzene rings is 2. The van der Waals surface area contributed by atoms with E-state index in [4.69, 9.17) is 4.74 Å². The Labute approximate surface area is 213 Å². The number of hydrogen-bond donors (Lipinski definition) is 3. The summed E-state index contributed by atoms with van der Waals surface area (Å²) in [4.78, 5) is 23.1. The Hall–Kier alpha value is -3.11. The lowest BCUT2D eigenvalue weighted by Crippen LogP contribution is -2.42. The number of amides is 2. The fourth-order valence-electron chi connectivity index (χ4n) is 3.91. The second kappa shape index (κ2) is 11.7. The van der Waals surface area contributed by atoms with E-state index in [0.717, 1.165) is 11.3 Å². The van der Waals surface area contributed by atoms with Crippen molar-refractivity contribution in [3.05, 3.63) is 54.1 Å². The molecule has 0 unspecified atom stereocenters. The predicted octanol–water partition coefficient (Wildman–Crippen LogP) is 3.98. The van der Waals surface area contributed by atoms with Crippen LogP contribution in [-0.2, 0) is 26.0 Å². The van der Waals surface area contributed by atoms with Crippen LogP contribution >= 0.6 is 0 Å². The van der Waals surface area contributed by atoms with Crippen molar-refractivity contribution in [2.75, 3.05) is 30.3 Å². The maximum atomic E-state index is 13.0. The van der Waals surface area contributed by atoms with Crippen LogP contribution in [0.5, 0.6) is 0 Å². The number of piperidine rings is 1. The highest BCUT2D eigenvalue weighted by atomic mass is 32.2. The Morgan fingerprint density at radius 3 is 2.11 bits per heavy atom. The summed E-state index contributed by atoms with van der Waals surface area (Å²) in [5, 5.41) is 8.89. The number of sulfonamides is 1. The number of carbonyl (C=O) groups is 2. The predicted molar refractivity (Wildman–Crippen MR) is 141 cm³/mol. The molecule has 1 aliphatic heterocycles. The summed E-state index contributed by atoms with van der Waals surface area (Å²) >= 11 is 0. The van der Waals surface area contributed by atoms with Crippen molar-refractivity contribution in [1.29, 1.82) is 0 Å². The maximum absolute atomic E-state index is 13.0. The van der Waals surface area contributed by atoms with Crippen molar-refractivity contribution in [2.24, 2.45) is 0 Å². The van der Waals surface area contributed by atoms with Gasteiger partial charge in [-0.25, -0.2) is 13.2 Å². The molecule has 2 aromatic carbocycles. The average Bonchev–Trinajstić information content (AvgIpc) is 2.79. The van der Waals surface area contributed by atoms with E-state index in [2.05, 4.69) is 16.0 Å². The molecule has 2 amide bonds. The summed E-state index contributed by atoms with van der Waals surface area (Å²) in [7, 11) is -3.58. The first kappa shape index (κ1) is 27.5. The zero-order chi connectivity index (χ0) is 26.3. The van der Waals surface area contributed by atoms with E-state index < -0.39 is 16.1 Å². The Morgan fingerprint density at radius 1 is 0.972 bits per heavy atom. The van der Waals surface area contributed by atoms with Gasteiger partial charge in [0.15, 0.2) is 0 Å². The topological polar surface area (TPSA) is 117 Å². The first-order valence-electron chi connectivity index (χ1n) is 12.1. The maximum Gasteiger partial charge on any atom is 0.407 e. The summed E-state index contributed by atoms with van der Waals surface area (Å²) in [6.45, 7) is 8.27. The van der Waals surface area contributed by atoms with Crippen LogP contribution in [-0.4, -0.2) is 56.0 Å². The van der Waals surface area contributed by atoms with Gasteiger partial charge in [-0.1, -0.05) is 12.1 Å². The molecule has 36 heavy (non-hydrogen) atoms. The molecule has 0 spiro atoms. The van der Waals surface area contributed by atoms with E-state index in [1.807, 2.05) is 45.0 Å². The van der Waals surface area contributed by atoms with Gasteiger partial charge in [-0.3, -0.25) is 4.79 Å². The first-order chi connectivity index (χ1) is 16.9. The zero-order valence-corrected chi connectivity index (χ0v) is 22.2. The van der Waals surface area contributed by atoms with Gasteiger partial charge in [-0.05, 0) is 75.6 Å². The van der Waals surface area contributed by atoms with Gasteiger partial charge in [0.25, 0.3) is 0 Å². The summed E-state index contributed by atoms with van der Waals surface area (Å²) in [5.74, 6) is -0.204. The Morgan fingerprint density at radius 2 is 1.56 bits per heavy atom. The van der Waals surface area contributed by atoms with Gasteiger partial charge in [0.05, 0.1) is 11.5 Å². The highest BCUT2D eigenvalue weighted by molar-refractivity contribution is 7.89. The number of alkyl carbamates (subject to hydrolysis) is 1. The fourth-order valence-corrected chi connectivity index (χ4v) is 5.38. The third-order valence-electron chi connectivity index (χ3n) is 5.69. The summed E-state index contributed by atoms with van der Waals surface area (Å²) in [6.07, 6.45) is 1.60. The number of carbonyl (C=O) groups excluding carboxylic acids is 2. The second-order valence-corrected chi connectivity index (χ2v) is 11.9. The van der Waals surface area contributed by atoms with Gasteiger partial charge >= 0.3 is 6.09 Å². The largest absolute Gasteiger partial charge is 0.449 e. The van der Waals surface area contributed by atoms with Crippen molar-refractivity contribution < 1.29 is 22.7 Å². The minimum Gasteiger partial charge on any atom is -0.449 e. The lowest BCUT2D eigenvalue weighted by atomic mass is 10.1. The van der Waals surface area contributed by atoms with Gasteiger partial charge < -0.3 is 20.7 Å². The van der Waals surface area contributed by atoms with Crippen LogP contribution in [0, 0.1) is 0 Å². The molecule has 196 valence electrons. The number of ether oxygens (including phenoxy) is 1. The molecular weight excluding hydrogens is 480 g/mol.